The summed E-state index contributed by atoms with van der Waals surface area (Å²) in [5.41, 5.74) is 1.71. The Morgan fingerprint density at radius 2 is 1.75 bits per heavy atom. The molecule has 2 atom stereocenters. The van der Waals surface area contributed by atoms with Gasteiger partial charge in [0.2, 0.25) is 0 Å². The van der Waals surface area contributed by atoms with Crippen molar-refractivity contribution in [3.63, 3.8) is 0 Å². The van der Waals surface area contributed by atoms with Gasteiger partial charge in [-0.1, -0.05) is 38.1 Å². The summed E-state index contributed by atoms with van der Waals surface area (Å²) in [5.74, 6) is 0. The van der Waals surface area contributed by atoms with Crippen LogP contribution in [0.3, 0.4) is 0 Å². The van der Waals surface area contributed by atoms with Gasteiger partial charge in [-0.2, -0.15) is 0 Å². The highest BCUT2D eigenvalue weighted by Gasteiger charge is 2.65. The summed E-state index contributed by atoms with van der Waals surface area (Å²) in [7, 11) is 0. The van der Waals surface area contributed by atoms with E-state index in [1.165, 1.54) is 11.1 Å². The second-order valence-corrected chi connectivity index (χ2v) is 7.02. The minimum absolute atomic E-state index is 0.00881. The minimum atomic E-state index is -0.474. The zero-order chi connectivity index (χ0) is 14.8. The average molecular weight is 273 g/mol. The van der Waals surface area contributed by atoms with Gasteiger partial charge in [-0.3, -0.25) is 4.90 Å². The fraction of sp³-hybridized carbons (Fsp3) is 0.588. The number of likely N-dealkylation sites (N-methyl/N-ethyl adjacent to an activating group) is 1. The molecule has 108 valence electrons. The molecule has 0 saturated carbocycles. The van der Waals surface area contributed by atoms with Crippen molar-refractivity contribution in [3.8, 4) is 0 Å². The molecule has 0 radical (unpaired) electrons. The SMILES string of the molecule is CCN1C(=O)O[C@]2(C)CC(C)(C)c3ccccc3[C@@]12C. The number of carbonyl (C=O) groups excluding carboxylic acids is 1. The molecule has 1 aromatic rings. The molecule has 1 aliphatic heterocycles. The number of hydrogen-bond donors (Lipinski definition) is 0. The van der Waals surface area contributed by atoms with Crippen molar-refractivity contribution in [1.82, 2.24) is 4.90 Å². The van der Waals surface area contributed by atoms with Gasteiger partial charge in [0.1, 0.15) is 11.1 Å². The molecule has 3 nitrogen and oxygen atoms in total. The van der Waals surface area contributed by atoms with Crippen molar-refractivity contribution in [2.45, 2.75) is 57.6 Å². The van der Waals surface area contributed by atoms with Gasteiger partial charge in [-0.25, -0.2) is 4.79 Å². The van der Waals surface area contributed by atoms with E-state index in [0.717, 1.165) is 6.42 Å². The molecule has 1 heterocycles. The number of carbonyl (C=O) groups is 1. The molecule has 2 aliphatic rings. The lowest BCUT2D eigenvalue weighted by Gasteiger charge is -2.51. The number of fused-ring (bicyclic) bond motifs is 3. The molecule has 0 spiro atoms. The highest BCUT2D eigenvalue weighted by molar-refractivity contribution is 5.74. The first-order chi connectivity index (χ1) is 9.26. The van der Waals surface area contributed by atoms with E-state index in [4.69, 9.17) is 4.74 Å². The molecule has 0 aromatic heterocycles. The van der Waals surface area contributed by atoms with E-state index in [0.29, 0.717) is 6.54 Å². The fourth-order valence-corrected chi connectivity index (χ4v) is 4.34. The van der Waals surface area contributed by atoms with Crippen LogP contribution < -0.4 is 0 Å². The summed E-state index contributed by atoms with van der Waals surface area (Å²) in [4.78, 5) is 14.2. The topological polar surface area (TPSA) is 29.5 Å². The van der Waals surface area contributed by atoms with Crippen LogP contribution in [0.4, 0.5) is 4.79 Å². The quantitative estimate of drug-likeness (QED) is 0.778. The van der Waals surface area contributed by atoms with E-state index in [1.54, 1.807) is 0 Å². The number of amides is 1. The normalized spacial score (nSPS) is 34.5. The Morgan fingerprint density at radius 1 is 1.15 bits per heavy atom. The second kappa shape index (κ2) is 3.78. The van der Waals surface area contributed by atoms with Crippen molar-refractivity contribution < 1.29 is 9.53 Å². The lowest BCUT2D eigenvalue weighted by molar-refractivity contribution is -0.0286. The van der Waals surface area contributed by atoms with E-state index in [2.05, 4.69) is 52.0 Å². The fourth-order valence-electron chi connectivity index (χ4n) is 4.34. The van der Waals surface area contributed by atoms with Gasteiger partial charge < -0.3 is 4.74 Å². The molecule has 1 saturated heterocycles. The van der Waals surface area contributed by atoms with E-state index in [1.807, 2.05) is 11.8 Å². The van der Waals surface area contributed by atoms with Gasteiger partial charge >= 0.3 is 6.09 Å². The lowest BCUT2D eigenvalue weighted by atomic mass is 9.59. The molecular weight excluding hydrogens is 250 g/mol. The van der Waals surface area contributed by atoms with E-state index in [9.17, 15) is 4.79 Å². The molecule has 20 heavy (non-hydrogen) atoms. The van der Waals surface area contributed by atoms with Gasteiger partial charge in [-0.05, 0) is 43.7 Å². The molecule has 1 aliphatic carbocycles. The molecule has 1 fully saturated rings. The highest BCUT2D eigenvalue weighted by Crippen LogP contribution is 2.57. The van der Waals surface area contributed by atoms with Crippen LogP contribution in [0.5, 0.6) is 0 Å². The Kier molecular flexibility index (Phi) is 2.54. The second-order valence-electron chi connectivity index (χ2n) is 7.02. The number of hydrogen-bond acceptors (Lipinski definition) is 2. The molecule has 0 N–H and O–H groups in total. The number of nitrogens with zero attached hydrogens (tertiary/aromatic N) is 1. The smallest absolute Gasteiger partial charge is 0.411 e. The first-order valence-electron chi connectivity index (χ1n) is 7.37. The first kappa shape index (κ1) is 13.5. The predicted octanol–water partition coefficient (Wildman–Crippen LogP) is 3.81. The largest absolute Gasteiger partial charge is 0.440 e. The van der Waals surface area contributed by atoms with Gasteiger partial charge in [0.25, 0.3) is 0 Å². The Bertz CT molecular complexity index is 580. The molecular formula is C17H23NO2. The average Bonchev–Trinajstić information content (AvgIpc) is 2.56. The maximum atomic E-state index is 12.3. The van der Waals surface area contributed by atoms with Gasteiger partial charge in [0, 0.05) is 6.54 Å². The minimum Gasteiger partial charge on any atom is -0.440 e. The zero-order valence-corrected chi connectivity index (χ0v) is 13.0. The van der Waals surface area contributed by atoms with Crippen molar-refractivity contribution in [2.75, 3.05) is 6.54 Å². The van der Waals surface area contributed by atoms with E-state index >= 15 is 0 Å². The summed E-state index contributed by atoms with van der Waals surface area (Å²) < 4.78 is 5.84. The van der Waals surface area contributed by atoms with Crippen molar-refractivity contribution in [1.29, 1.82) is 0 Å². The molecule has 1 aromatic carbocycles. The van der Waals surface area contributed by atoms with Crippen LogP contribution in [0, 0.1) is 0 Å². The third-order valence-corrected chi connectivity index (χ3v) is 5.38. The molecule has 0 unspecified atom stereocenters. The summed E-state index contributed by atoms with van der Waals surface area (Å²) in [5, 5.41) is 0. The van der Waals surface area contributed by atoms with Crippen LogP contribution in [0.2, 0.25) is 0 Å². The maximum absolute atomic E-state index is 12.3. The third kappa shape index (κ3) is 1.38. The van der Waals surface area contributed by atoms with Gasteiger partial charge in [0.05, 0.1) is 0 Å². The maximum Gasteiger partial charge on any atom is 0.411 e. The predicted molar refractivity (Wildman–Crippen MR) is 78.7 cm³/mol. The van der Waals surface area contributed by atoms with Crippen LogP contribution in [-0.4, -0.2) is 23.1 Å². The third-order valence-electron chi connectivity index (χ3n) is 5.38. The summed E-state index contributed by atoms with van der Waals surface area (Å²) in [6.45, 7) is 11.4. The summed E-state index contributed by atoms with van der Waals surface area (Å²) in [6.07, 6.45) is 0.653. The monoisotopic (exact) mass is 273 g/mol. The van der Waals surface area contributed by atoms with Crippen LogP contribution in [0.25, 0.3) is 0 Å². The van der Waals surface area contributed by atoms with E-state index in [-0.39, 0.29) is 17.0 Å². The highest BCUT2D eigenvalue weighted by atomic mass is 16.6. The Hall–Kier alpha value is -1.51. The number of rotatable bonds is 1. The van der Waals surface area contributed by atoms with Crippen LogP contribution in [0.15, 0.2) is 24.3 Å². The Labute approximate surface area is 120 Å². The standard InChI is InChI=1S/C17H23NO2/c1-6-18-14(19)20-16(4)11-15(2,3)12-9-7-8-10-13(12)17(16,18)5/h7-10H,6,11H2,1-5H3/t16-,17-/m1/s1. The van der Waals surface area contributed by atoms with Crippen LogP contribution in [0.1, 0.15) is 52.2 Å². The number of ether oxygens (including phenoxy) is 1. The molecule has 3 rings (SSSR count). The van der Waals surface area contributed by atoms with Crippen molar-refractivity contribution in [3.05, 3.63) is 35.4 Å². The van der Waals surface area contributed by atoms with E-state index < -0.39 is 5.60 Å². The molecule has 1 amide bonds. The van der Waals surface area contributed by atoms with Gasteiger partial charge in [0.15, 0.2) is 0 Å². The van der Waals surface area contributed by atoms with Crippen molar-refractivity contribution in [2.24, 2.45) is 0 Å². The summed E-state index contributed by atoms with van der Waals surface area (Å²) >= 11 is 0. The molecule has 3 heteroatoms. The Morgan fingerprint density at radius 3 is 2.35 bits per heavy atom. The van der Waals surface area contributed by atoms with Crippen molar-refractivity contribution >= 4 is 6.09 Å². The lowest BCUT2D eigenvalue weighted by Crippen LogP contribution is -2.58. The molecule has 0 bridgehead atoms. The number of benzene rings is 1. The Balaban J connectivity index is 2.31. The zero-order valence-electron chi connectivity index (χ0n) is 13.0. The van der Waals surface area contributed by atoms with Gasteiger partial charge in [-0.15, -0.1) is 0 Å². The summed E-state index contributed by atoms with van der Waals surface area (Å²) in [6, 6.07) is 8.49. The van der Waals surface area contributed by atoms with Crippen LogP contribution >= 0.6 is 0 Å². The van der Waals surface area contributed by atoms with Crippen LogP contribution in [-0.2, 0) is 15.7 Å². The first-order valence-corrected chi connectivity index (χ1v) is 7.37.